The summed E-state index contributed by atoms with van der Waals surface area (Å²) in [7, 11) is 0. The lowest BCUT2D eigenvalue weighted by molar-refractivity contribution is -0.384. The van der Waals surface area contributed by atoms with Gasteiger partial charge in [-0.3, -0.25) is 10.1 Å². The molecule has 1 rings (SSSR count). The Morgan fingerprint density at radius 2 is 2.40 bits per heavy atom. The molecule has 0 saturated heterocycles. The van der Waals surface area contributed by atoms with Gasteiger partial charge in [-0.2, -0.15) is 0 Å². The van der Waals surface area contributed by atoms with Crippen LogP contribution < -0.4 is 11.1 Å². The minimum Gasteiger partial charge on any atom is -0.364 e. The van der Waals surface area contributed by atoms with Crippen LogP contribution in [-0.4, -0.2) is 23.0 Å². The number of nitrogens with one attached hydrogen (secondary N) is 1. The van der Waals surface area contributed by atoms with E-state index in [2.05, 4.69) is 10.3 Å². The lowest BCUT2D eigenvalue weighted by Crippen LogP contribution is -2.10. The van der Waals surface area contributed by atoms with Gasteiger partial charge in [-0.05, 0) is 25.5 Å². The van der Waals surface area contributed by atoms with Gasteiger partial charge in [0.05, 0.1) is 4.92 Å². The molecule has 0 saturated carbocycles. The number of nitro groups is 1. The van der Waals surface area contributed by atoms with Crippen LogP contribution in [0.1, 0.15) is 12.0 Å². The van der Waals surface area contributed by atoms with Gasteiger partial charge >= 0.3 is 5.69 Å². The van der Waals surface area contributed by atoms with Crippen molar-refractivity contribution in [1.82, 2.24) is 4.98 Å². The van der Waals surface area contributed by atoms with Crippen LogP contribution in [0.5, 0.6) is 0 Å². The Labute approximate surface area is 87.7 Å². The summed E-state index contributed by atoms with van der Waals surface area (Å²) in [5, 5.41) is 13.6. The summed E-state index contributed by atoms with van der Waals surface area (Å²) in [6, 6.07) is 1.50. The monoisotopic (exact) mass is 210 g/mol. The summed E-state index contributed by atoms with van der Waals surface area (Å²) in [4.78, 5) is 14.2. The van der Waals surface area contributed by atoms with Gasteiger partial charge in [0, 0.05) is 18.8 Å². The lowest BCUT2D eigenvalue weighted by Gasteiger charge is -2.05. The quantitative estimate of drug-likeness (QED) is 0.430. The molecule has 1 heterocycles. The Hall–Kier alpha value is -1.69. The molecule has 6 heteroatoms. The predicted molar refractivity (Wildman–Crippen MR) is 57.8 cm³/mol. The Bertz CT molecular complexity index is 354. The Kier molecular flexibility index (Phi) is 3.99. The fraction of sp³-hybridized carbons (Fsp3) is 0.444. The molecule has 0 aliphatic heterocycles. The third kappa shape index (κ3) is 3.17. The highest BCUT2D eigenvalue weighted by molar-refractivity contribution is 5.56. The van der Waals surface area contributed by atoms with Crippen LogP contribution in [0, 0.1) is 17.0 Å². The van der Waals surface area contributed by atoms with Crippen molar-refractivity contribution >= 4 is 11.5 Å². The fourth-order valence-electron chi connectivity index (χ4n) is 1.14. The van der Waals surface area contributed by atoms with E-state index in [9.17, 15) is 10.1 Å². The summed E-state index contributed by atoms with van der Waals surface area (Å²) in [5.74, 6) is 0.305. The van der Waals surface area contributed by atoms with Gasteiger partial charge in [0.2, 0.25) is 5.82 Å². The summed E-state index contributed by atoms with van der Waals surface area (Å²) in [6.45, 7) is 2.91. The zero-order chi connectivity index (χ0) is 11.3. The molecular formula is C9H14N4O2. The number of pyridine rings is 1. The molecule has 15 heavy (non-hydrogen) atoms. The molecule has 1 aromatic heterocycles. The zero-order valence-electron chi connectivity index (χ0n) is 8.56. The molecule has 3 N–H and O–H groups in total. The molecule has 82 valence electrons. The maximum atomic E-state index is 10.7. The van der Waals surface area contributed by atoms with Crippen molar-refractivity contribution in [2.45, 2.75) is 13.3 Å². The summed E-state index contributed by atoms with van der Waals surface area (Å²) < 4.78 is 0. The molecule has 6 nitrogen and oxygen atoms in total. The zero-order valence-corrected chi connectivity index (χ0v) is 8.56. The van der Waals surface area contributed by atoms with Crippen molar-refractivity contribution in [3.8, 4) is 0 Å². The predicted octanol–water partition coefficient (Wildman–Crippen LogP) is 1.06. The number of anilines is 1. The van der Waals surface area contributed by atoms with Crippen molar-refractivity contribution in [2.75, 3.05) is 18.4 Å². The Balaban J connectivity index is 2.81. The second-order valence-electron chi connectivity index (χ2n) is 3.21. The number of aryl methyl sites for hydroxylation is 1. The molecule has 0 bridgehead atoms. The largest absolute Gasteiger partial charge is 0.364 e. The van der Waals surface area contributed by atoms with E-state index in [-0.39, 0.29) is 5.69 Å². The van der Waals surface area contributed by atoms with Crippen molar-refractivity contribution < 1.29 is 4.92 Å². The average Bonchev–Trinajstić information content (AvgIpc) is 2.20. The molecule has 0 fully saturated rings. The number of hydrogen-bond acceptors (Lipinski definition) is 5. The maximum Gasteiger partial charge on any atom is 0.311 e. The van der Waals surface area contributed by atoms with Crippen molar-refractivity contribution in [1.29, 1.82) is 0 Å². The third-order valence-corrected chi connectivity index (χ3v) is 1.87. The molecule has 0 amide bonds. The van der Waals surface area contributed by atoms with Crippen molar-refractivity contribution in [3.63, 3.8) is 0 Å². The van der Waals surface area contributed by atoms with Crippen LogP contribution in [-0.2, 0) is 0 Å². The first kappa shape index (κ1) is 11.4. The molecule has 0 unspecified atom stereocenters. The SMILES string of the molecule is Cc1cnc(NCCCN)c([N+](=O)[O-])c1. The topological polar surface area (TPSA) is 94.1 Å². The molecule has 0 aliphatic carbocycles. The van der Waals surface area contributed by atoms with Crippen LogP contribution >= 0.6 is 0 Å². The first-order valence-corrected chi connectivity index (χ1v) is 4.70. The van der Waals surface area contributed by atoms with Crippen LogP contribution in [0.4, 0.5) is 11.5 Å². The highest BCUT2D eigenvalue weighted by atomic mass is 16.6. The van der Waals surface area contributed by atoms with E-state index in [0.29, 0.717) is 18.9 Å². The first-order valence-electron chi connectivity index (χ1n) is 4.70. The molecular weight excluding hydrogens is 196 g/mol. The second kappa shape index (κ2) is 5.26. The molecule has 0 radical (unpaired) electrons. The van der Waals surface area contributed by atoms with Crippen LogP contribution in [0.3, 0.4) is 0 Å². The number of nitrogens with two attached hydrogens (primary N) is 1. The van der Waals surface area contributed by atoms with Crippen LogP contribution in [0.2, 0.25) is 0 Å². The van der Waals surface area contributed by atoms with Gasteiger partial charge in [0.1, 0.15) is 0 Å². The number of hydrogen-bond donors (Lipinski definition) is 2. The number of nitrogens with zero attached hydrogens (tertiary/aromatic N) is 2. The van der Waals surface area contributed by atoms with Gasteiger partial charge in [-0.15, -0.1) is 0 Å². The van der Waals surface area contributed by atoms with Crippen LogP contribution in [0.15, 0.2) is 12.3 Å². The van der Waals surface area contributed by atoms with Gasteiger partial charge in [0.25, 0.3) is 0 Å². The minimum atomic E-state index is -0.440. The highest BCUT2D eigenvalue weighted by Crippen LogP contribution is 2.21. The van der Waals surface area contributed by atoms with E-state index < -0.39 is 4.92 Å². The van der Waals surface area contributed by atoms with Gasteiger partial charge in [-0.1, -0.05) is 0 Å². The maximum absolute atomic E-state index is 10.7. The second-order valence-corrected chi connectivity index (χ2v) is 3.21. The number of aromatic nitrogens is 1. The molecule has 0 aliphatic rings. The molecule has 1 aromatic rings. The van der Waals surface area contributed by atoms with E-state index in [1.807, 2.05) is 0 Å². The van der Waals surface area contributed by atoms with E-state index in [0.717, 1.165) is 12.0 Å². The van der Waals surface area contributed by atoms with E-state index >= 15 is 0 Å². The Morgan fingerprint density at radius 3 is 3.00 bits per heavy atom. The highest BCUT2D eigenvalue weighted by Gasteiger charge is 2.14. The molecule has 0 aromatic carbocycles. The van der Waals surface area contributed by atoms with Gasteiger partial charge < -0.3 is 11.1 Å². The lowest BCUT2D eigenvalue weighted by atomic mass is 10.3. The summed E-state index contributed by atoms with van der Waals surface area (Å²) in [6.07, 6.45) is 2.35. The van der Waals surface area contributed by atoms with Gasteiger partial charge in [-0.25, -0.2) is 4.98 Å². The number of rotatable bonds is 5. The molecule has 0 spiro atoms. The fourth-order valence-corrected chi connectivity index (χ4v) is 1.14. The van der Waals surface area contributed by atoms with Crippen molar-refractivity contribution in [3.05, 3.63) is 27.9 Å². The Morgan fingerprint density at radius 1 is 1.67 bits per heavy atom. The first-order chi connectivity index (χ1) is 7.15. The summed E-state index contributed by atoms with van der Waals surface area (Å²) in [5.41, 5.74) is 6.10. The van der Waals surface area contributed by atoms with Crippen LogP contribution in [0.25, 0.3) is 0 Å². The standard InChI is InChI=1S/C9H14N4O2/c1-7-5-8(13(14)15)9(12-6-7)11-4-2-3-10/h5-6H,2-4,10H2,1H3,(H,11,12). The van der Waals surface area contributed by atoms with E-state index in [1.165, 1.54) is 6.07 Å². The average molecular weight is 210 g/mol. The minimum absolute atomic E-state index is 0.00650. The van der Waals surface area contributed by atoms with Gasteiger partial charge in [0.15, 0.2) is 0 Å². The normalized spacial score (nSPS) is 10.0. The molecule has 0 atom stereocenters. The summed E-state index contributed by atoms with van der Waals surface area (Å²) >= 11 is 0. The van der Waals surface area contributed by atoms with Crippen molar-refractivity contribution in [2.24, 2.45) is 5.73 Å². The van der Waals surface area contributed by atoms with E-state index in [4.69, 9.17) is 5.73 Å². The smallest absolute Gasteiger partial charge is 0.311 e. The third-order valence-electron chi connectivity index (χ3n) is 1.87. The van der Waals surface area contributed by atoms with E-state index in [1.54, 1.807) is 13.1 Å².